The molecule has 1 aromatic heterocycles. The van der Waals surface area contributed by atoms with Gasteiger partial charge in [-0.15, -0.1) is 0 Å². The van der Waals surface area contributed by atoms with Crippen LogP contribution in [0.3, 0.4) is 0 Å². The van der Waals surface area contributed by atoms with Crippen molar-refractivity contribution in [3.05, 3.63) is 24.4 Å². The Bertz CT molecular complexity index is 861. The number of hydrogen-bond donors (Lipinski definition) is 1. The molecule has 0 radical (unpaired) electrons. The minimum Gasteiger partial charge on any atom is -0.355 e. The molecule has 7 nitrogen and oxygen atoms in total. The van der Waals surface area contributed by atoms with Crippen molar-refractivity contribution in [1.82, 2.24) is 14.6 Å². The molecule has 1 amide bonds. The molecule has 1 N–H and O–H groups in total. The fourth-order valence-electron chi connectivity index (χ4n) is 7.09. The fraction of sp³-hybridized carbons (Fsp3) is 0.739. The molecule has 0 atom stereocenters. The van der Waals surface area contributed by atoms with Crippen LogP contribution < -0.4 is 10.2 Å². The summed E-state index contributed by atoms with van der Waals surface area (Å²) < 4.78 is 27.1. The maximum Gasteiger partial charge on any atom is 0.220 e. The Morgan fingerprint density at radius 1 is 1.03 bits per heavy atom. The summed E-state index contributed by atoms with van der Waals surface area (Å²) in [6, 6.07) is 5.77. The van der Waals surface area contributed by atoms with E-state index in [4.69, 9.17) is 0 Å². The van der Waals surface area contributed by atoms with E-state index in [0.717, 1.165) is 23.6 Å². The van der Waals surface area contributed by atoms with E-state index >= 15 is 0 Å². The average molecular weight is 447 g/mol. The maximum atomic E-state index is 12.8. The summed E-state index contributed by atoms with van der Waals surface area (Å²) in [5.41, 5.74) is 0.194. The first kappa shape index (κ1) is 21.2. The highest BCUT2D eigenvalue weighted by molar-refractivity contribution is 7.89. The van der Waals surface area contributed by atoms with Gasteiger partial charge in [0.25, 0.3) is 0 Å². The molecule has 0 aromatic carbocycles. The van der Waals surface area contributed by atoms with Crippen LogP contribution in [0.1, 0.15) is 44.9 Å². The Kier molecular flexibility index (Phi) is 5.71. The third-order valence-electron chi connectivity index (χ3n) is 7.99. The van der Waals surface area contributed by atoms with E-state index in [1.54, 1.807) is 10.5 Å². The Morgan fingerprint density at radius 2 is 1.68 bits per heavy atom. The molecule has 6 rings (SSSR count). The normalized spacial score (nSPS) is 32.9. The number of nitrogens with one attached hydrogen (secondary N) is 1. The molecule has 1 saturated heterocycles. The second kappa shape index (κ2) is 8.35. The molecule has 4 saturated carbocycles. The Labute approximate surface area is 185 Å². The second-order valence-corrected chi connectivity index (χ2v) is 12.4. The van der Waals surface area contributed by atoms with E-state index in [0.29, 0.717) is 32.6 Å². The molecule has 2 heterocycles. The quantitative estimate of drug-likeness (QED) is 0.695. The molecule has 5 aliphatic rings. The number of amides is 1. The zero-order valence-electron chi connectivity index (χ0n) is 18.2. The molecule has 4 bridgehead atoms. The van der Waals surface area contributed by atoms with E-state index in [1.807, 2.05) is 18.2 Å². The highest BCUT2D eigenvalue weighted by Gasteiger charge is 2.51. The number of piperazine rings is 1. The lowest BCUT2D eigenvalue weighted by Crippen LogP contribution is -2.50. The Balaban J connectivity index is 1.08. The lowest BCUT2D eigenvalue weighted by molar-refractivity contribution is -0.129. The third kappa shape index (κ3) is 4.60. The summed E-state index contributed by atoms with van der Waals surface area (Å²) in [6.07, 6.45) is 10.0. The van der Waals surface area contributed by atoms with E-state index < -0.39 is 10.0 Å². The Morgan fingerprint density at radius 3 is 2.26 bits per heavy atom. The van der Waals surface area contributed by atoms with Crippen molar-refractivity contribution in [2.45, 2.75) is 44.9 Å². The first-order chi connectivity index (χ1) is 14.9. The molecule has 4 aliphatic carbocycles. The summed E-state index contributed by atoms with van der Waals surface area (Å²) in [5.74, 6) is 3.37. The number of carbonyl (C=O) groups excluding carboxylic acids is 1. The standard InChI is InChI=1S/C23H34N4O3S/c28-22(17-23-14-18-11-19(15-23)13-20(12-18)16-23)25-5-10-31(29,30)27-8-6-26(7-9-27)21-3-1-2-4-24-21/h1-4,18-20H,5-17H2,(H,25,28). The van der Waals surface area contributed by atoms with Crippen LogP contribution in [0, 0.1) is 23.2 Å². The van der Waals surface area contributed by atoms with Gasteiger partial charge in [-0.3, -0.25) is 4.79 Å². The summed E-state index contributed by atoms with van der Waals surface area (Å²) in [6.45, 7) is 2.39. The van der Waals surface area contributed by atoms with Crippen LogP contribution >= 0.6 is 0 Å². The van der Waals surface area contributed by atoms with Gasteiger partial charge < -0.3 is 10.2 Å². The second-order valence-electron chi connectivity index (χ2n) is 10.3. The van der Waals surface area contributed by atoms with Gasteiger partial charge in [-0.2, -0.15) is 4.31 Å². The van der Waals surface area contributed by atoms with Gasteiger partial charge in [0, 0.05) is 45.3 Å². The number of carbonyl (C=O) groups is 1. The minimum atomic E-state index is -3.37. The molecule has 0 unspecified atom stereocenters. The number of aromatic nitrogens is 1. The van der Waals surface area contributed by atoms with Crippen LogP contribution in [0.15, 0.2) is 24.4 Å². The largest absolute Gasteiger partial charge is 0.355 e. The van der Waals surface area contributed by atoms with Gasteiger partial charge in [0.1, 0.15) is 5.82 Å². The molecule has 8 heteroatoms. The third-order valence-corrected chi connectivity index (χ3v) is 9.86. The van der Waals surface area contributed by atoms with Gasteiger partial charge in [-0.1, -0.05) is 6.07 Å². The highest BCUT2D eigenvalue weighted by atomic mass is 32.2. The van der Waals surface area contributed by atoms with E-state index in [2.05, 4.69) is 15.2 Å². The van der Waals surface area contributed by atoms with Gasteiger partial charge in [0.05, 0.1) is 5.75 Å². The van der Waals surface area contributed by atoms with Crippen molar-refractivity contribution in [3.8, 4) is 0 Å². The zero-order chi connectivity index (χ0) is 21.5. The van der Waals surface area contributed by atoms with E-state index in [-0.39, 0.29) is 23.6 Å². The number of hydrogen-bond acceptors (Lipinski definition) is 5. The van der Waals surface area contributed by atoms with Crippen LogP contribution in [-0.4, -0.2) is 62.1 Å². The van der Waals surface area contributed by atoms with Gasteiger partial charge >= 0.3 is 0 Å². The van der Waals surface area contributed by atoms with E-state index in [9.17, 15) is 13.2 Å². The summed E-state index contributed by atoms with van der Waals surface area (Å²) in [4.78, 5) is 19.1. The van der Waals surface area contributed by atoms with Gasteiger partial charge in [0.2, 0.25) is 15.9 Å². The van der Waals surface area contributed by atoms with Crippen LogP contribution in [0.4, 0.5) is 5.82 Å². The lowest BCUT2D eigenvalue weighted by Gasteiger charge is -2.56. The predicted molar refractivity (Wildman–Crippen MR) is 120 cm³/mol. The first-order valence-electron chi connectivity index (χ1n) is 11.8. The van der Waals surface area contributed by atoms with Crippen LogP contribution in [0.2, 0.25) is 0 Å². The number of sulfonamides is 1. The predicted octanol–water partition coefficient (Wildman–Crippen LogP) is 2.26. The minimum absolute atomic E-state index is 0.0246. The number of rotatable bonds is 7. The van der Waals surface area contributed by atoms with Crippen LogP contribution in [0.25, 0.3) is 0 Å². The summed E-state index contributed by atoms with van der Waals surface area (Å²) >= 11 is 0. The summed E-state index contributed by atoms with van der Waals surface area (Å²) in [5, 5.41) is 2.92. The van der Waals surface area contributed by atoms with Crippen LogP contribution in [-0.2, 0) is 14.8 Å². The molecular formula is C23H34N4O3S. The van der Waals surface area contributed by atoms with Gasteiger partial charge in [-0.25, -0.2) is 13.4 Å². The lowest BCUT2D eigenvalue weighted by atomic mass is 9.49. The molecule has 1 aromatic rings. The molecule has 0 spiro atoms. The SMILES string of the molecule is O=C(CC12CC3CC(CC(C3)C1)C2)NCCS(=O)(=O)N1CCN(c2ccccn2)CC1. The average Bonchev–Trinajstić information content (AvgIpc) is 2.73. The zero-order valence-corrected chi connectivity index (χ0v) is 19.0. The van der Waals surface area contributed by atoms with Crippen molar-refractivity contribution >= 4 is 21.7 Å². The van der Waals surface area contributed by atoms with Crippen molar-refractivity contribution in [1.29, 1.82) is 0 Å². The molecular weight excluding hydrogens is 412 g/mol. The molecule has 170 valence electrons. The van der Waals surface area contributed by atoms with Crippen molar-refractivity contribution in [2.75, 3.05) is 43.4 Å². The monoisotopic (exact) mass is 446 g/mol. The first-order valence-corrected chi connectivity index (χ1v) is 13.4. The summed E-state index contributed by atoms with van der Waals surface area (Å²) in [7, 11) is -3.37. The van der Waals surface area contributed by atoms with Gasteiger partial charge in [0.15, 0.2) is 0 Å². The number of nitrogens with zero attached hydrogens (tertiary/aromatic N) is 3. The number of pyridine rings is 1. The number of anilines is 1. The molecule has 5 fully saturated rings. The Hall–Kier alpha value is -1.67. The van der Waals surface area contributed by atoms with Gasteiger partial charge in [-0.05, 0) is 73.8 Å². The smallest absolute Gasteiger partial charge is 0.220 e. The molecule has 31 heavy (non-hydrogen) atoms. The topological polar surface area (TPSA) is 82.6 Å². The molecule has 1 aliphatic heterocycles. The highest BCUT2D eigenvalue weighted by Crippen LogP contribution is 2.61. The van der Waals surface area contributed by atoms with Crippen molar-refractivity contribution in [2.24, 2.45) is 23.2 Å². The maximum absolute atomic E-state index is 12.8. The van der Waals surface area contributed by atoms with Crippen LogP contribution in [0.5, 0.6) is 0 Å². The van der Waals surface area contributed by atoms with E-state index in [1.165, 1.54) is 38.5 Å². The fourth-order valence-corrected chi connectivity index (χ4v) is 8.43. The van der Waals surface area contributed by atoms with Crippen molar-refractivity contribution in [3.63, 3.8) is 0 Å². The van der Waals surface area contributed by atoms with Crippen molar-refractivity contribution < 1.29 is 13.2 Å².